The van der Waals surface area contributed by atoms with Gasteiger partial charge in [0.05, 0.1) is 11.1 Å². The van der Waals surface area contributed by atoms with Gasteiger partial charge in [-0.05, 0) is 30.5 Å². The average molecular weight is 388 g/mol. The predicted octanol–water partition coefficient (Wildman–Crippen LogP) is -0.0411. The highest BCUT2D eigenvalue weighted by Gasteiger charge is 2.44. The van der Waals surface area contributed by atoms with Gasteiger partial charge in [0.2, 0.25) is 11.8 Å². The number of rotatable bonds is 3. The van der Waals surface area contributed by atoms with E-state index in [1.54, 1.807) is 18.2 Å². The van der Waals surface area contributed by atoms with Crippen molar-refractivity contribution in [1.29, 1.82) is 0 Å². The Morgan fingerprint density at radius 1 is 1.11 bits per heavy atom. The Labute approximate surface area is 160 Å². The van der Waals surface area contributed by atoms with E-state index in [1.807, 2.05) is 4.90 Å². The average Bonchev–Trinajstić information content (AvgIpc) is 2.89. The van der Waals surface area contributed by atoms with Crippen LogP contribution in [0.25, 0.3) is 0 Å². The highest BCUT2D eigenvalue weighted by Crippen LogP contribution is 2.29. The maximum atomic E-state index is 13.5. The van der Waals surface area contributed by atoms with E-state index in [4.69, 9.17) is 5.73 Å². The van der Waals surface area contributed by atoms with Gasteiger partial charge in [0, 0.05) is 32.1 Å². The molecule has 2 fully saturated rings. The molecule has 3 atom stereocenters. The number of piperidine rings is 2. The van der Waals surface area contributed by atoms with Gasteiger partial charge in [-0.1, -0.05) is 6.07 Å². The summed E-state index contributed by atoms with van der Waals surface area (Å²) in [5, 5.41) is 2.17. The number of carbonyl (C=O) groups excluding carboxylic acids is 4. The number of hydrogen-bond donors (Lipinski definition) is 2. The van der Waals surface area contributed by atoms with Gasteiger partial charge < -0.3 is 5.73 Å². The summed E-state index contributed by atoms with van der Waals surface area (Å²) in [4.78, 5) is 51.9. The molecule has 1 unspecified atom stereocenters. The van der Waals surface area contributed by atoms with Gasteiger partial charge >= 0.3 is 0 Å². The molecule has 8 nitrogen and oxygen atoms in total. The number of nitrogens with zero attached hydrogens (tertiary/aromatic N) is 2. The number of benzene rings is 1. The summed E-state index contributed by atoms with van der Waals surface area (Å²) in [5.41, 5.74) is 7.10. The van der Waals surface area contributed by atoms with Gasteiger partial charge in [-0.2, -0.15) is 0 Å². The molecule has 3 N–H and O–H groups in total. The Hall–Kier alpha value is -2.65. The van der Waals surface area contributed by atoms with E-state index in [0.29, 0.717) is 26.1 Å². The third kappa shape index (κ3) is 3.20. The molecular formula is C19H21FN4O4. The third-order valence-electron chi connectivity index (χ3n) is 5.57. The Morgan fingerprint density at radius 3 is 2.57 bits per heavy atom. The highest BCUT2D eigenvalue weighted by atomic mass is 19.1. The number of nitrogens with one attached hydrogen (secondary N) is 1. The van der Waals surface area contributed by atoms with Crippen LogP contribution in [-0.4, -0.2) is 64.8 Å². The lowest BCUT2D eigenvalue weighted by Crippen LogP contribution is -2.54. The van der Waals surface area contributed by atoms with E-state index in [-0.39, 0.29) is 24.0 Å². The summed E-state index contributed by atoms with van der Waals surface area (Å²) in [5.74, 6) is -2.10. The number of nitrogens with two attached hydrogens (primary N) is 1. The van der Waals surface area contributed by atoms with E-state index < -0.39 is 41.9 Å². The highest BCUT2D eigenvalue weighted by molar-refractivity contribution is 6.23. The van der Waals surface area contributed by atoms with Crippen molar-refractivity contribution in [2.75, 3.05) is 13.1 Å². The summed E-state index contributed by atoms with van der Waals surface area (Å²) in [6.45, 7) is 1.49. The first-order valence-electron chi connectivity index (χ1n) is 9.31. The smallest absolute Gasteiger partial charge is 0.262 e. The molecule has 0 spiro atoms. The monoisotopic (exact) mass is 388 g/mol. The lowest BCUT2D eigenvalue weighted by Gasteiger charge is -2.33. The summed E-state index contributed by atoms with van der Waals surface area (Å²) < 4.78 is 13.5. The number of imide groups is 2. The first kappa shape index (κ1) is 18.7. The fraction of sp³-hybridized carbons (Fsp3) is 0.474. The molecule has 1 aromatic carbocycles. The summed E-state index contributed by atoms with van der Waals surface area (Å²) in [7, 11) is 0. The number of carbonyl (C=O) groups is 4. The van der Waals surface area contributed by atoms with Crippen molar-refractivity contribution in [3.63, 3.8) is 0 Å². The number of amides is 4. The van der Waals surface area contributed by atoms with Gasteiger partial charge in [0.25, 0.3) is 11.8 Å². The maximum absolute atomic E-state index is 13.5. The van der Waals surface area contributed by atoms with Gasteiger partial charge in [0.15, 0.2) is 0 Å². The van der Waals surface area contributed by atoms with Crippen molar-refractivity contribution in [3.8, 4) is 0 Å². The molecule has 28 heavy (non-hydrogen) atoms. The van der Waals surface area contributed by atoms with Crippen LogP contribution < -0.4 is 11.1 Å². The lowest BCUT2D eigenvalue weighted by atomic mass is 10.0. The fourth-order valence-corrected chi connectivity index (χ4v) is 4.04. The second-order valence-corrected chi connectivity index (χ2v) is 7.53. The molecular weight excluding hydrogens is 367 g/mol. The zero-order valence-corrected chi connectivity index (χ0v) is 15.2. The minimum absolute atomic E-state index is 0.0832. The van der Waals surface area contributed by atoms with E-state index in [2.05, 4.69) is 5.32 Å². The standard InChI is InChI=1S/C19H21FN4O4/c20-13-5-6-23(9-14(13)21)8-10-1-2-11-12(7-10)19(28)24(18(11)27)15-3-4-16(25)22-17(15)26/h1-2,7,13-15H,3-6,8-9,21H2,(H,22,25,26)/t13-,14-,15?/m1/s1. The van der Waals surface area contributed by atoms with Crippen LogP contribution in [0.4, 0.5) is 4.39 Å². The predicted molar refractivity (Wildman–Crippen MR) is 95.9 cm³/mol. The van der Waals surface area contributed by atoms with E-state index in [9.17, 15) is 23.6 Å². The molecule has 148 valence electrons. The molecule has 2 saturated heterocycles. The van der Waals surface area contributed by atoms with Crippen molar-refractivity contribution in [1.82, 2.24) is 15.1 Å². The van der Waals surface area contributed by atoms with Crippen LogP contribution in [0, 0.1) is 0 Å². The lowest BCUT2D eigenvalue weighted by molar-refractivity contribution is -0.136. The van der Waals surface area contributed by atoms with Gasteiger partial charge in [0.1, 0.15) is 12.2 Å². The summed E-state index contributed by atoms with van der Waals surface area (Å²) >= 11 is 0. The topological polar surface area (TPSA) is 113 Å². The summed E-state index contributed by atoms with van der Waals surface area (Å²) in [6.07, 6.45) is -0.427. The van der Waals surface area contributed by atoms with E-state index >= 15 is 0 Å². The van der Waals surface area contributed by atoms with Crippen molar-refractivity contribution >= 4 is 23.6 Å². The maximum Gasteiger partial charge on any atom is 0.262 e. The molecule has 9 heteroatoms. The molecule has 0 bridgehead atoms. The fourth-order valence-electron chi connectivity index (χ4n) is 4.04. The Kier molecular flexibility index (Phi) is 4.72. The second kappa shape index (κ2) is 7.06. The summed E-state index contributed by atoms with van der Waals surface area (Å²) in [6, 6.07) is 3.47. The molecule has 3 heterocycles. The van der Waals surface area contributed by atoms with Crippen LogP contribution in [0.1, 0.15) is 45.5 Å². The van der Waals surface area contributed by atoms with Crippen LogP contribution in [0.5, 0.6) is 0 Å². The normalized spacial score (nSPS) is 28.5. The molecule has 3 aliphatic rings. The van der Waals surface area contributed by atoms with Gasteiger partial charge in [-0.15, -0.1) is 0 Å². The van der Waals surface area contributed by atoms with Crippen LogP contribution in [0.15, 0.2) is 18.2 Å². The zero-order valence-electron chi connectivity index (χ0n) is 15.2. The van der Waals surface area contributed by atoms with E-state index in [0.717, 1.165) is 10.5 Å². The first-order valence-corrected chi connectivity index (χ1v) is 9.31. The quantitative estimate of drug-likeness (QED) is 0.703. The minimum Gasteiger partial charge on any atom is -0.324 e. The second-order valence-electron chi connectivity index (χ2n) is 7.53. The zero-order chi connectivity index (χ0) is 20.0. The number of alkyl halides is 1. The Bertz CT molecular complexity index is 873. The van der Waals surface area contributed by atoms with Crippen molar-refractivity contribution in [3.05, 3.63) is 34.9 Å². The molecule has 4 amide bonds. The van der Waals surface area contributed by atoms with Gasteiger partial charge in [-0.3, -0.25) is 34.3 Å². The molecule has 0 aromatic heterocycles. The van der Waals surface area contributed by atoms with Crippen molar-refractivity contribution in [2.45, 2.75) is 44.1 Å². The van der Waals surface area contributed by atoms with Crippen molar-refractivity contribution < 1.29 is 23.6 Å². The third-order valence-corrected chi connectivity index (χ3v) is 5.57. The Morgan fingerprint density at radius 2 is 1.86 bits per heavy atom. The minimum atomic E-state index is -1.00. The van der Waals surface area contributed by atoms with Crippen LogP contribution in [0.3, 0.4) is 0 Å². The number of halogens is 1. The SMILES string of the molecule is N[C@@H]1CN(Cc2ccc3c(c2)C(=O)N(C2CCC(=O)NC2=O)C3=O)CC[C@H]1F. The molecule has 4 rings (SSSR count). The van der Waals surface area contributed by atoms with E-state index in [1.165, 1.54) is 0 Å². The largest absolute Gasteiger partial charge is 0.324 e. The molecule has 0 radical (unpaired) electrons. The number of likely N-dealkylation sites (tertiary alicyclic amines) is 1. The van der Waals surface area contributed by atoms with Crippen LogP contribution in [0.2, 0.25) is 0 Å². The first-order chi connectivity index (χ1) is 13.3. The molecule has 1 aromatic rings. The Balaban J connectivity index is 1.53. The molecule has 3 aliphatic heterocycles. The van der Waals surface area contributed by atoms with Crippen LogP contribution in [-0.2, 0) is 16.1 Å². The number of hydrogen-bond acceptors (Lipinski definition) is 6. The van der Waals surface area contributed by atoms with Gasteiger partial charge in [-0.25, -0.2) is 4.39 Å². The molecule has 0 saturated carbocycles. The van der Waals surface area contributed by atoms with Crippen molar-refractivity contribution in [2.24, 2.45) is 5.73 Å². The van der Waals surface area contributed by atoms with Crippen LogP contribution >= 0.6 is 0 Å². The molecule has 0 aliphatic carbocycles. The number of fused-ring (bicyclic) bond motifs is 1.